The van der Waals surface area contributed by atoms with Gasteiger partial charge in [0.05, 0.1) is 16.6 Å². The Labute approximate surface area is 163 Å². The van der Waals surface area contributed by atoms with Crippen LogP contribution in [0.4, 0.5) is 16.2 Å². The van der Waals surface area contributed by atoms with Crippen molar-refractivity contribution in [2.45, 2.75) is 30.7 Å². The number of rotatable bonds is 2. The number of benzene rings is 2. The minimum atomic E-state index is -3.71. The topological polar surface area (TPSA) is 95.6 Å². The lowest BCUT2D eigenvalue weighted by Crippen LogP contribution is -2.42. The van der Waals surface area contributed by atoms with Gasteiger partial charge in [-0.3, -0.25) is 4.79 Å². The fourth-order valence-electron chi connectivity index (χ4n) is 3.93. The van der Waals surface area contributed by atoms with Crippen molar-refractivity contribution in [1.29, 1.82) is 0 Å². The summed E-state index contributed by atoms with van der Waals surface area (Å²) in [5, 5.41) is 5.36. The lowest BCUT2D eigenvalue weighted by molar-refractivity contribution is -0.114. The molecule has 0 bridgehead atoms. The first-order valence-corrected chi connectivity index (χ1v) is 10.9. The lowest BCUT2D eigenvalue weighted by Gasteiger charge is -2.37. The second-order valence-corrected chi connectivity index (χ2v) is 8.97. The number of amides is 3. The summed E-state index contributed by atoms with van der Waals surface area (Å²) >= 11 is 0. The van der Waals surface area contributed by atoms with E-state index in [0.29, 0.717) is 12.2 Å². The van der Waals surface area contributed by atoms with Crippen molar-refractivity contribution in [3.05, 3.63) is 53.6 Å². The van der Waals surface area contributed by atoms with Gasteiger partial charge in [-0.15, -0.1) is 0 Å². The zero-order chi connectivity index (χ0) is 19.9. The molecule has 2 aromatic carbocycles. The van der Waals surface area contributed by atoms with E-state index in [2.05, 4.69) is 22.8 Å². The van der Waals surface area contributed by atoms with Gasteiger partial charge in [0, 0.05) is 12.2 Å². The normalized spacial score (nSPS) is 20.0. The van der Waals surface area contributed by atoms with E-state index in [1.807, 2.05) is 19.1 Å². The molecule has 28 heavy (non-hydrogen) atoms. The highest BCUT2D eigenvalue weighted by Crippen LogP contribution is 2.33. The van der Waals surface area contributed by atoms with Gasteiger partial charge in [-0.2, -0.15) is 0 Å². The Balaban J connectivity index is 1.59. The highest BCUT2D eigenvalue weighted by Gasteiger charge is 2.31. The average molecular weight is 399 g/mol. The molecule has 0 spiro atoms. The molecule has 2 aromatic rings. The molecular formula is C20H21N3O4S. The van der Waals surface area contributed by atoms with Crippen LogP contribution in [0.2, 0.25) is 0 Å². The van der Waals surface area contributed by atoms with Crippen LogP contribution in [0.1, 0.15) is 30.5 Å². The van der Waals surface area contributed by atoms with Crippen molar-refractivity contribution < 1.29 is 18.0 Å². The van der Waals surface area contributed by atoms with Crippen LogP contribution in [-0.4, -0.2) is 37.6 Å². The van der Waals surface area contributed by atoms with Crippen molar-refractivity contribution in [1.82, 2.24) is 4.90 Å². The van der Waals surface area contributed by atoms with E-state index in [9.17, 15) is 18.0 Å². The summed E-state index contributed by atoms with van der Waals surface area (Å²) in [5.74, 6) is -1.14. The third-order valence-corrected chi connectivity index (χ3v) is 6.87. The molecule has 0 aliphatic carbocycles. The first kappa shape index (κ1) is 18.5. The fraction of sp³-hybridized carbons (Fsp3) is 0.300. The van der Waals surface area contributed by atoms with Crippen LogP contribution < -0.4 is 10.6 Å². The molecule has 0 radical (unpaired) electrons. The van der Waals surface area contributed by atoms with Gasteiger partial charge >= 0.3 is 6.03 Å². The lowest BCUT2D eigenvalue weighted by atomic mass is 9.91. The standard InChI is InChI=1S/C20H21N3O4S/c1-2-17-15-6-4-3-5-13(15)9-10-23(17)20(25)21-14-7-8-16-18(11-14)28(26,27)12-19(24)22-16/h3-8,11,17H,2,9-10,12H2,1H3,(H,21,25)(H,22,24). The molecule has 7 nitrogen and oxygen atoms in total. The maximum absolute atomic E-state index is 12.9. The summed E-state index contributed by atoms with van der Waals surface area (Å²) in [7, 11) is -3.71. The van der Waals surface area contributed by atoms with Gasteiger partial charge in [-0.05, 0) is 42.2 Å². The fourth-order valence-corrected chi connectivity index (χ4v) is 5.26. The molecular weight excluding hydrogens is 378 g/mol. The summed E-state index contributed by atoms with van der Waals surface area (Å²) in [5.41, 5.74) is 3.04. The third-order valence-electron chi connectivity index (χ3n) is 5.22. The summed E-state index contributed by atoms with van der Waals surface area (Å²) in [6.07, 6.45) is 1.57. The summed E-state index contributed by atoms with van der Waals surface area (Å²) in [6, 6.07) is 12.3. The highest BCUT2D eigenvalue weighted by molar-refractivity contribution is 7.92. The van der Waals surface area contributed by atoms with Crippen LogP contribution in [0.15, 0.2) is 47.4 Å². The predicted molar refractivity (Wildman–Crippen MR) is 106 cm³/mol. The van der Waals surface area contributed by atoms with E-state index in [1.165, 1.54) is 17.7 Å². The van der Waals surface area contributed by atoms with Crippen LogP contribution in [0.5, 0.6) is 0 Å². The second kappa shape index (κ2) is 6.94. The minimum Gasteiger partial charge on any atom is -0.324 e. The quantitative estimate of drug-likeness (QED) is 0.812. The van der Waals surface area contributed by atoms with E-state index in [-0.39, 0.29) is 22.7 Å². The van der Waals surface area contributed by atoms with Crippen LogP contribution in [0, 0.1) is 0 Å². The van der Waals surface area contributed by atoms with Crippen molar-refractivity contribution in [2.75, 3.05) is 22.9 Å². The van der Waals surface area contributed by atoms with Crippen molar-refractivity contribution >= 4 is 33.2 Å². The maximum Gasteiger partial charge on any atom is 0.322 e. The third kappa shape index (κ3) is 3.24. The van der Waals surface area contributed by atoms with Gasteiger partial charge < -0.3 is 15.5 Å². The van der Waals surface area contributed by atoms with Gasteiger partial charge in [-0.1, -0.05) is 31.2 Å². The van der Waals surface area contributed by atoms with Gasteiger partial charge in [0.25, 0.3) is 0 Å². The largest absolute Gasteiger partial charge is 0.324 e. The number of carbonyl (C=O) groups is 2. The molecule has 4 rings (SSSR count). The zero-order valence-electron chi connectivity index (χ0n) is 15.4. The SMILES string of the molecule is CCC1c2ccccc2CCN1C(=O)Nc1ccc2c(c1)S(=O)(=O)CC(=O)N2. The highest BCUT2D eigenvalue weighted by atomic mass is 32.2. The average Bonchev–Trinajstić information content (AvgIpc) is 2.66. The molecule has 0 saturated heterocycles. The molecule has 0 saturated carbocycles. The smallest absolute Gasteiger partial charge is 0.322 e. The first-order chi connectivity index (χ1) is 13.4. The van der Waals surface area contributed by atoms with Crippen LogP contribution in [0.3, 0.4) is 0 Å². The molecule has 2 heterocycles. The van der Waals surface area contributed by atoms with Crippen LogP contribution >= 0.6 is 0 Å². The number of nitrogens with zero attached hydrogens (tertiary/aromatic N) is 1. The number of fused-ring (bicyclic) bond motifs is 2. The Bertz CT molecular complexity index is 1060. The van der Waals surface area contributed by atoms with Crippen LogP contribution in [-0.2, 0) is 21.1 Å². The van der Waals surface area contributed by atoms with E-state index < -0.39 is 21.5 Å². The van der Waals surface area contributed by atoms with E-state index in [4.69, 9.17) is 0 Å². The Hall–Kier alpha value is -2.87. The Morgan fingerprint density at radius 3 is 2.82 bits per heavy atom. The van der Waals surface area contributed by atoms with E-state index >= 15 is 0 Å². The second-order valence-electron chi connectivity index (χ2n) is 7.01. The molecule has 0 aromatic heterocycles. The monoisotopic (exact) mass is 399 g/mol. The summed E-state index contributed by atoms with van der Waals surface area (Å²) in [4.78, 5) is 26.3. The molecule has 2 aliphatic rings. The van der Waals surface area contributed by atoms with Crippen molar-refractivity contribution in [3.63, 3.8) is 0 Å². The molecule has 2 aliphatic heterocycles. The number of sulfone groups is 1. The molecule has 1 atom stereocenters. The Morgan fingerprint density at radius 1 is 1.25 bits per heavy atom. The number of urea groups is 1. The zero-order valence-corrected chi connectivity index (χ0v) is 16.3. The molecule has 2 N–H and O–H groups in total. The minimum absolute atomic E-state index is 0.0226. The molecule has 3 amide bonds. The molecule has 0 fully saturated rings. The Kier molecular flexibility index (Phi) is 4.58. The molecule has 8 heteroatoms. The van der Waals surface area contributed by atoms with Crippen LogP contribution in [0.25, 0.3) is 0 Å². The number of nitrogens with one attached hydrogen (secondary N) is 2. The maximum atomic E-state index is 12.9. The molecule has 1 unspecified atom stereocenters. The first-order valence-electron chi connectivity index (χ1n) is 9.21. The summed E-state index contributed by atoms with van der Waals surface area (Å²) < 4.78 is 24.5. The summed E-state index contributed by atoms with van der Waals surface area (Å²) in [6.45, 7) is 2.64. The van der Waals surface area contributed by atoms with Gasteiger partial charge in [-0.25, -0.2) is 13.2 Å². The van der Waals surface area contributed by atoms with Gasteiger partial charge in [0.15, 0.2) is 9.84 Å². The van der Waals surface area contributed by atoms with E-state index in [1.54, 1.807) is 11.0 Å². The number of hydrogen-bond acceptors (Lipinski definition) is 4. The number of carbonyl (C=O) groups excluding carboxylic acids is 2. The number of hydrogen-bond donors (Lipinski definition) is 2. The van der Waals surface area contributed by atoms with Gasteiger partial charge in [0.2, 0.25) is 5.91 Å². The molecule has 146 valence electrons. The van der Waals surface area contributed by atoms with E-state index in [0.717, 1.165) is 18.4 Å². The van der Waals surface area contributed by atoms with Crippen molar-refractivity contribution in [2.24, 2.45) is 0 Å². The van der Waals surface area contributed by atoms with Crippen molar-refractivity contribution in [3.8, 4) is 0 Å². The Morgan fingerprint density at radius 2 is 2.04 bits per heavy atom. The predicted octanol–water partition coefficient (Wildman–Crippen LogP) is 2.95. The number of anilines is 2. The van der Waals surface area contributed by atoms with Gasteiger partial charge in [0.1, 0.15) is 5.75 Å².